The molecule has 7 rings (SSSR count). The number of anilines is 1. The maximum Gasteiger partial charge on any atom is 0.239 e. The third-order valence-electron chi connectivity index (χ3n) is 7.95. The number of morpholine rings is 1. The molecule has 12 heteroatoms. The molecular formula is C27H33N11O. The molecule has 0 unspecified atom stereocenters. The summed E-state index contributed by atoms with van der Waals surface area (Å²) in [6.07, 6.45) is 4.47. The van der Waals surface area contributed by atoms with E-state index in [1.54, 1.807) is 6.33 Å². The first-order chi connectivity index (χ1) is 19.1. The Bertz CT molecular complexity index is 1640. The molecule has 0 aliphatic carbocycles. The van der Waals surface area contributed by atoms with Crippen LogP contribution in [-0.4, -0.2) is 95.2 Å². The second-order valence-corrected chi connectivity index (χ2v) is 10.4. The Balaban J connectivity index is 1.42. The molecule has 0 atom stereocenters. The van der Waals surface area contributed by atoms with Crippen LogP contribution < -0.4 is 4.90 Å². The van der Waals surface area contributed by atoms with Crippen molar-refractivity contribution in [3.8, 4) is 17.6 Å². The van der Waals surface area contributed by atoms with Gasteiger partial charge in [-0.15, -0.1) is 0 Å². The van der Waals surface area contributed by atoms with Crippen LogP contribution in [0.5, 0.6) is 0 Å². The molecule has 0 N–H and O–H groups in total. The summed E-state index contributed by atoms with van der Waals surface area (Å²) in [6.45, 7) is 6.99. The van der Waals surface area contributed by atoms with E-state index in [4.69, 9.17) is 24.7 Å². The van der Waals surface area contributed by atoms with Gasteiger partial charge in [0.2, 0.25) is 5.95 Å². The molecule has 39 heavy (non-hydrogen) atoms. The molecule has 0 saturated carbocycles. The van der Waals surface area contributed by atoms with Crippen molar-refractivity contribution in [2.75, 3.05) is 51.3 Å². The molecule has 12 nitrogen and oxygen atoms in total. The van der Waals surface area contributed by atoms with Gasteiger partial charge in [0.15, 0.2) is 28.6 Å². The Labute approximate surface area is 226 Å². The summed E-state index contributed by atoms with van der Waals surface area (Å²) in [7, 11) is 4.17. The summed E-state index contributed by atoms with van der Waals surface area (Å²) < 4.78 is 11.8. The van der Waals surface area contributed by atoms with Gasteiger partial charge in [-0.3, -0.25) is 4.57 Å². The van der Waals surface area contributed by atoms with Gasteiger partial charge in [-0.25, -0.2) is 19.6 Å². The van der Waals surface area contributed by atoms with Crippen LogP contribution in [0.3, 0.4) is 0 Å². The predicted octanol–water partition coefficient (Wildman–Crippen LogP) is 2.63. The van der Waals surface area contributed by atoms with Crippen molar-refractivity contribution in [3.05, 3.63) is 36.4 Å². The van der Waals surface area contributed by atoms with Crippen molar-refractivity contribution in [3.63, 3.8) is 0 Å². The minimum Gasteiger partial charge on any atom is -0.378 e. The van der Waals surface area contributed by atoms with E-state index in [2.05, 4.69) is 49.2 Å². The average molecular weight is 528 g/mol. The van der Waals surface area contributed by atoms with Gasteiger partial charge >= 0.3 is 0 Å². The summed E-state index contributed by atoms with van der Waals surface area (Å²) in [5.41, 5.74) is 3.45. The molecule has 1 aromatic carbocycles. The van der Waals surface area contributed by atoms with Gasteiger partial charge in [0.25, 0.3) is 0 Å². The normalized spacial score (nSPS) is 17.6. The van der Waals surface area contributed by atoms with Gasteiger partial charge in [0, 0.05) is 26.6 Å². The predicted molar refractivity (Wildman–Crippen MR) is 148 cm³/mol. The number of fused-ring (bicyclic) bond motifs is 2. The third kappa shape index (κ3) is 4.05. The van der Waals surface area contributed by atoms with Gasteiger partial charge in [0.1, 0.15) is 12.2 Å². The van der Waals surface area contributed by atoms with Crippen LogP contribution in [0.1, 0.15) is 31.6 Å². The highest BCUT2D eigenvalue weighted by Crippen LogP contribution is 2.32. The second-order valence-electron chi connectivity index (χ2n) is 10.4. The van der Waals surface area contributed by atoms with E-state index < -0.39 is 0 Å². The lowest BCUT2D eigenvalue weighted by Gasteiger charge is -2.29. The number of hydrogen-bond acceptors (Lipinski definition) is 9. The number of likely N-dealkylation sites (tertiary alicyclic amines) is 1. The quantitative estimate of drug-likeness (QED) is 0.341. The van der Waals surface area contributed by atoms with Crippen molar-refractivity contribution in [1.82, 2.24) is 48.7 Å². The number of hydrogen-bond donors (Lipinski definition) is 0. The Morgan fingerprint density at radius 3 is 2.51 bits per heavy atom. The molecule has 2 aliphatic heterocycles. The van der Waals surface area contributed by atoms with Crippen molar-refractivity contribution >= 4 is 28.0 Å². The van der Waals surface area contributed by atoms with Gasteiger partial charge in [-0.05, 0) is 45.1 Å². The molecule has 2 saturated heterocycles. The molecule has 0 radical (unpaired) electrons. The number of aromatic nitrogens is 9. The lowest BCUT2D eigenvalue weighted by molar-refractivity contribution is 0.122. The van der Waals surface area contributed by atoms with Gasteiger partial charge in [-0.2, -0.15) is 15.1 Å². The van der Waals surface area contributed by atoms with Gasteiger partial charge in [-0.1, -0.05) is 19.1 Å². The molecule has 6 heterocycles. The van der Waals surface area contributed by atoms with E-state index in [0.29, 0.717) is 25.2 Å². The highest BCUT2D eigenvalue weighted by molar-refractivity contribution is 5.88. The van der Waals surface area contributed by atoms with Crippen LogP contribution in [0.15, 0.2) is 30.6 Å². The minimum atomic E-state index is 0.295. The number of nitrogens with zero attached hydrogens (tertiary/aromatic N) is 11. The zero-order valence-electron chi connectivity index (χ0n) is 22.7. The van der Waals surface area contributed by atoms with E-state index in [1.807, 2.05) is 29.8 Å². The second kappa shape index (κ2) is 9.69. The van der Waals surface area contributed by atoms with E-state index in [0.717, 1.165) is 90.9 Å². The van der Waals surface area contributed by atoms with Gasteiger partial charge in [0.05, 0.1) is 30.3 Å². The molecule has 2 aliphatic rings. The molecule has 0 amide bonds. The number of ether oxygens (including phenoxy) is 1. The van der Waals surface area contributed by atoms with Crippen molar-refractivity contribution in [2.24, 2.45) is 7.05 Å². The summed E-state index contributed by atoms with van der Waals surface area (Å²) in [5, 5.41) is 4.64. The van der Waals surface area contributed by atoms with Crippen molar-refractivity contribution in [2.45, 2.75) is 32.2 Å². The first kappa shape index (κ1) is 24.2. The van der Waals surface area contributed by atoms with Crippen LogP contribution in [0.2, 0.25) is 0 Å². The van der Waals surface area contributed by atoms with E-state index in [9.17, 15) is 0 Å². The van der Waals surface area contributed by atoms with Crippen LogP contribution in [-0.2, 0) is 18.2 Å². The largest absolute Gasteiger partial charge is 0.378 e. The first-order valence-electron chi connectivity index (χ1n) is 13.7. The molecule has 5 aromatic rings. The molecule has 4 aromatic heterocycles. The van der Waals surface area contributed by atoms with Crippen molar-refractivity contribution < 1.29 is 4.74 Å². The Morgan fingerprint density at radius 1 is 0.923 bits per heavy atom. The van der Waals surface area contributed by atoms with E-state index >= 15 is 0 Å². The number of rotatable bonds is 5. The summed E-state index contributed by atoms with van der Waals surface area (Å²) in [6, 6.07) is 8.44. The van der Waals surface area contributed by atoms with Crippen LogP contribution in [0, 0.1) is 0 Å². The van der Waals surface area contributed by atoms with E-state index in [-0.39, 0.29) is 0 Å². The number of imidazole rings is 2. The fraction of sp³-hybridized carbons (Fsp3) is 0.481. The highest BCUT2D eigenvalue weighted by atomic mass is 16.5. The molecule has 2 fully saturated rings. The fourth-order valence-corrected chi connectivity index (χ4v) is 5.78. The smallest absolute Gasteiger partial charge is 0.239 e. The lowest BCUT2D eigenvalue weighted by atomic mass is 10.1. The number of para-hydroxylation sites is 2. The maximum absolute atomic E-state index is 5.66. The third-order valence-corrected chi connectivity index (χ3v) is 7.95. The zero-order chi connectivity index (χ0) is 26.5. The summed E-state index contributed by atoms with van der Waals surface area (Å²) >= 11 is 0. The standard InChI is InChI=1S/C27H33N11O/c1-4-21-30-19-7-5-6-8-20(19)37(21)27-32-23-22(24(33-27)36-13-15-39-16-14-36)31-26(35(23)3)25-28-17-29-38(25)18-9-11-34(2)12-10-18/h5-8,17-18H,4,9-16H2,1-3H3. The molecule has 0 bridgehead atoms. The average Bonchev–Trinajstić information content (AvgIpc) is 3.69. The highest BCUT2D eigenvalue weighted by Gasteiger charge is 2.28. The fourth-order valence-electron chi connectivity index (χ4n) is 5.78. The SMILES string of the molecule is CCc1nc2ccccc2n1-c1nc(N2CCOCC2)c2nc(-c3ncnn3C3CCN(C)CC3)n(C)c2n1. The van der Waals surface area contributed by atoms with Crippen molar-refractivity contribution in [1.29, 1.82) is 0 Å². The molecular weight excluding hydrogens is 494 g/mol. The minimum absolute atomic E-state index is 0.295. The topological polar surface area (TPSA) is 108 Å². The molecule has 0 spiro atoms. The van der Waals surface area contributed by atoms with Crippen LogP contribution in [0.25, 0.3) is 39.8 Å². The molecule has 202 valence electrons. The monoisotopic (exact) mass is 527 g/mol. The Hall–Kier alpha value is -3.90. The maximum atomic E-state index is 5.66. The van der Waals surface area contributed by atoms with Crippen LogP contribution in [0.4, 0.5) is 5.82 Å². The number of aryl methyl sites for hydroxylation is 2. The Morgan fingerprint density at radius 2 is 1.72 bits per heavy atom. The summed E-state index contributed by atoms with van der Waals surface area (Å²) in [5.74, 6) is 3.84. The van der Waals surface area contributed by atoms with Crippen LogP contribution >= 0.6 is 0 Å². The zero-order valence-corrected chi connectivity index (χ0v) is 22.7. The lowest BCUT2D eigenvalue weighted by Crippen LogP contribution is -2.37. The Kier molecular flexibility index (Phi) is 6.00. The number of benzene rings is 1. The summed E-state index contributed by atoms with van der Waals surface area (Å²) in [4.78, 5) is 29.5. The first-order valence-corrected chi connectivity index (χ1v) is 13.7. The number of piperidine rings is 1. The van der Waals surface area contributed by atoms with Gasteiger partial charge < -0.3 is 19.1 Å². The van der Waals surface area contributed by atoms with E-state index in [1.165, 1.54) is 0 Å².